The van der Waals surface area contributed by atoms with Crippen molar-refractivity contribution in [3.8, 4) is 11.5 Å². The van der Waals surface area contributed by atoms with E-state index >= 15 is 0 Å². The molecule has 2 aromatic rings. The number of rotatable bonds is 6. The van der Waals surface area contributed by atoms with Crippen molar-refractivity contribution >= 4 is 5.91 Å². The first-order valence-corrected chi connectivity index (χ1v) is 8.41. The third-order valence-corrected chi connectivity index (χ3v) is 4.08. The van der Waals surface area contributed by atoms with E-state index in [0.29, 0.717) is 30.3 Å². The number of fused-ring (bicyclic) bond motifs is 1. The molecule has 0 unspecified atom stereocenters. The van der Waals surface area contributed by atoms with Crippen LogP contribution in [0.25, 0.3) is 0 Å². The highest BCUT2D eigenvalue weighted by atomic mass is 16.5. The van der Waals surface area contributed by atoms with E-state index in [1.807, 2.05) is 20.0 Å². The second kappa shape index (κ2) is 7.38. The zero-order valence-corrected chi connectivity index (χ0v) is 14.1. The van der Waals surface area contributed by atoms with Crippen molar-refractivity contribution in [3.63, 3.8) is 0 Å². The first-order valence-electron chi connectivity index (χ1n) is 8.41. The lowest BCUT2D eigenvalue weighted by molar-refractivity contribution is 0.0927. The van der Waals surface area contributed by atoms with Crippen molar-refractivity contribution in [2.45, 2.75) is 39.3 Å². The first kappa shape index (κ1) is 16.4. The second-order valence-electron chi connectivity index (χ2n) is 5.73. The van der Waals surface area contributed by atoms with Gasteiger partial charge in [-0.2, -0.15) is 0 Å². The lowest BCUT2D eigenvalue weighted by atomic mass is 10.1. The Morgan fingerprint density at radius 1 is 1.29 bits per heavy atom. The molecule has 0 aliphatic carbocycles. The molecule has 0 bridgehead atoms. The monoisotopic (exact) mass is 329 g/mol. The van der Waals surface area contributed by atoms with E-state index in [2.05, 4.69) is 14.9 Å². The third kappa shape index (κ3) is 3.53. The number of amides is 1. The molecular formula is C18H23N3O3. The molecule has 24 heavy (non-hydrogen) atoms. The molecule has 0 saturated heterocycles. The van der Waals surface area contributed by atoms with Gasteiger partial charge in [0, 0.05) is 37.0 Å². The first-order chi connectivity index (χ1) is 11.7. The lowest BCUT2D eigenvalue weighted by Crippen LogP contribution is -2.40. The molecule has 1 N–H and O–H groups in total. The van der Waals surface area contributed by atoms with Crippen molar-refractivity contribution in [1.82, 2.24) is 14.9 Å². The fourth-order valence-corrected chi connectivity index (χ4v) is 2.95. The van der Waals surface area contributed by atoms with Crippen molar-refractivity contribution in [1.29, 1.82) is 0 Å². The number of hydrogen-bond donors (Lipinski definition) is 1. The largest absolute Gasteiger partial charge is 0.490 e. The number of carbonyl (C=O) groups is 1. The number of aromatic nitrogens is 2. The summed E-state index contributed by atoms with van der Waals surface area (Å²) in [5.74, 6) is 2.26. The van der Waals surface area contributed by atoms with Gasteiger partial charge >= 0.3 is 0 Å². The highest BCUT2D eigenvalue weighted by Crippen LogP contribution is 2.28. The summed E-state index contributed by atoms with van der Waals surface area (Å²) in [6, 6.07) is 5.42. The van der Waals surface area contributed by atoms with Crippen molar-refractivity contribution in [2.75, 3.05) is 13.2 Å². The van der Waals surface area contributed by atoms with Gasteiger partial charge in [0.2, 0.25) is 0 Å². The van der Waals surface area contributed by atoms with Crippen LogP contribution in [-0.2, 0) is 13.0 Å². The van der Waals surface area contributed by atoms with Crippen LogP contribution in [0.3, 0.4) is 0 Å². The van der Waals surface area contributed by atoms with Gasteiger partial charge < -0.3 is 19.4 Å². The SMILES string of the molecule is CCOc1ccc(C(=O)N[C@H]2CCc3nccn3C2)cc1OCC. The predicted molar refractivity (Wildman–Crippen MR) is 90.6 cm³/mol. The molecule has 0 fully saturated rings. The topological polar surface area (TPSA) is 65.4 Å². The minimum atomic E-state index is -0.0902. The fourth-order valence-electron chi connectivity index (χ4n) is 2.95. The van der Waals surface area contributed by atoms with Crippen LogP contribution in [0.15, 0.2) is 30.6 Å². The van der Waals surface area contributed by atoms with Gasteiger partial charge in [0.05, 0.1) is 13.2 Å². The molecule has 1 aromatic carbocycles. The van der Waals surface area contributed by atoms with Crippen LogP contribution in [0, 0.1) is 0 Å². The maximum absolute atomic E-state index is 12.6. The maximum Gasteiger partial charge on any atom is 0.251 e. The Kier molecular flexibility index (Phi) is 5.03. The standard InChI is InChI=1S/C18H23N3O3/c1-3-23-15-7-5-13(11-16(15)24-4-2)18(22)20-14-6-8-17-19-9-10-21(17)12-14/h5,7,9-11,14H,3-4,6,8,12H2,1-2H3,(H,20,22)/t14-/m0/s1. The summed E-state index contributed by atoms with van der Waals surface area (Å²) >= 11 is 0. The van der Waals surface area contributed by atoms with E-state index in [1.54, 1.807) is 24.4 Å². The number of nitrogens with one attached hydrogen (secondary N) is 1. The Labute approximate surface area is 141 Å². The van der Waals surface area contributed by atoms with E-state index in [-0.39, 0.29) is 11.9 Å². The second-order valence-corrected chi connectivity index (χ2v) is 5.73. The summed E-state index contributed by atoms with van der Waals surface area (Å²) in [5, 5.41) is 3.10. The number of carbonyl (C=O) groups excluding carboxylic acids is 1. The average Bonchev–Trinajstić information content (AvgIpc) is 3.04. The summed E-state index contributed by atoms with van der Waals surface area (Å²) in [5.41, 5.74) is 0.582. The van der Waals surface area contributed by atoms with Crippen molar-refractivity contribution < 1.29 is 14.3 Å². The summed E-state index contributed by atoms with van der Waals surface area (Å²) in [4.78, 5) is 16.9. The van der Waals surface area contributed by atoms with Crippen LogP contribution in [0.4, 0.5) is 0 Å². The number of ether oxygens (including phenoxy) is 2. The molecule has 1 amide bonds. The summed E-state index contributed by atoms with van der Waals surface area (Å²) in [6.45, 7) is 5.67. The van der Waals surface area contributed by atoms with E-state index in [4.69, 9.17) is 9.47 Å². The van der Waals surface area contributed by atoms with Gasteiger partial charge in [-0.05, 0) is 38.5 Å². The van der Waals surface area contributed by atoms with Crippen LogP contribution < -0.4 is 14.8 Å². The molecule has 0 radical (unpaired) electrons. The lowest BCUT2D eigenvalue weighted by Gasteiger charge is -2.25. The molecule has 3 rings (SSSR count). The smallest absolute Gasteiger partial charge is 0.251 e. The Morgan fingerprint density at radius 2 is 2.08 bits per heavy atom. The molecule has 1 aromatic heterocycles. The Bertz CT molecular complexity index is 711. The van der Waals surface area contributed by atoms with Gasteiger partial charge in [0.25, 0.3) is 5.91 Å². The third-order valence-electron chi connectivity index (χ3n) is 4.08. The zero-order valence-electron chi connectivity index (χ0n) is 14.1. The number of nitrogens with zero attached hydrogens (tertiary/aromatic N) is 2. The molecule has 0 saturated carbocycles. The average molecular weight is 329 g/mol. The Hall–Kier alpha value is -2.50. The van der Waals surface area contributed by atoms with Gasteiger partial charge in [-0.15, -0.1) is 0 Å². The summed E-state index contributed by atoms with van der Waals surface area (Å²) in [7, 11) is 0. The van der Waals surface area contributed by atoms with Gasteiger partial charge in [-0.25, -0.2) is 4.98 Å². The minimum absolute atomic E-state index is 0.0902. The number of imidazole rings is 1. The number of aryl methyl sites for hydroxylation is 1. The normalized spacial score (nSPS) is 16.3. The molecule has 1 atom stereocenters. The summed E-state index contributed by atoms with van der Waals surface area (Å²) < 4.78 is 13.2. The highest BCUT2D eigenvalue weighted by Gasteiger charge is 2.21. The predicted octanol–water partition coefficient (Wildman–Crippen LogP) is 2.43. The molecule has 2 heterocycles. The summed E-state index contributed by atoms with van der Waals surface area (Å²) in [6.07, 6.45) is 5.54. The van der Waals surface area contributed by atoms with Gasteiger partial charge in [0.15, 0.2) is 11.5 Å². The molecule has 1 aliphatic rings. The van der Waals surface area contributed by atoms with E-state index < -0.39 is 0 Å². The Morgan fingerprint density at radius 3 is 2.88 bits per heavy atom. The molecule has 1 aliphatic heterocycles. The van der Waals surface area contributed by atoms with Gasteiger partial charge in [-0.3, -0.25) is 4.79 Å². The molecule has 6 nitrogen and oxygen atoms in total. The van der Waals surface area contributed by atoms with Crippen LogP contribution in [0.2, 0.25) is 0 Å². The molecular weight excluding hydrogens is 306 g/mol. The Balaban J connectivity index is 1.69. The van der Waals surface area contributed by atoms with E-state index in [9.17, 15) is 4.79 Å². The van der Waals surface area contributed by atoms with Crippen molar-refractivity contribution in [2.24, 2.45) is 0 Å². The van der Waals surface area contributed by atoms with Crippen LogP contribution in [0.5, 0.6) is 11.5 Å². The number of hydrogen-bond acceptors (Lipinski definition) is 4. The zero-order chi connectivity index (χ0) is 16.9. The van der Waals surface area contributed by atoms with Gasteiger partial charge in [-0.1, -0.05) is 0 Å². The van der Waals surface area contributed by atoms with E-state index in [0.717, 1.165) is 25.2 Å². The molecule has 0 spiro atoms. The van der Waals surface area contributed by atoms with Gasteiger partial charge in [0.1, 0.15) is 5.82 Å². The fraction of sp³-hybridized carbons (Fsp3) is 0.444. The number of benzene rings is 1. The van der Waals surface area contributed by atoms with Crippen LogP contribution in [-0.4, -0.2) is 34.7 Å². The highest BCUT2D eigenvalue weighted by molar-refractivity contribution is 5.95. The van der Waals surface area contributed by atoms with Crippen LogP contribution in [0.1, 0.15) is 36.5 Å². The quantitative estimate of drug-likeness (QED) is 0.884. The molecule has 128 valence electrons. The minimum Gasteiger partial charge on any atom is -0.490 e. The molecule has 6 heteroatoms. The van der Waals surface area contributed by atoms with Crippen molar-refractivity contribution in [3.05, 3.63) is 42.0 Å². The van der Waals surface area contributed by atoms with Crippen LogP contribution >= 0.6 is 0 Å². The maximum atomic E-state index is 12.6. The van der Waals surface area contributed by atoms with E-state index in [1.165, 1.54) is 0 Å².